The lowest BCUT2D eigenvalue weighted by atomic mass is 9.90. The Bertz CT molecular complexity index is 1140. The highest BCUT2D eigenvalue weighted by Gasteiger charge is 2.27. The largest absolute Gasteiger partial charge is 0.379 e. The maximum Gasteiger partial charge on any atom is 0.230 e. The third kappa shape index (κ3) is 6.97. The second-order valence-corrected chi connectivity index (χ2v) is 9.83. The van der Waals surface area contributed by atoms with Crippen molar-refractivity contribution in [1.82, 2.24) is 34.4 Å². The highest BCUT2D eigenvalue weighted by molar-refractivity contribution is 5.87. The first kappa shape index (κ1) is 26.8. The molecule has 4 N–H and O–H groups in total. The quantitative estimate of drug-likeness (QED) is 0.277. The molecule has 0 atom stereocenters. The number of morpholine rings is 1. The van der Waals surface area contributed by atoms with E-state index in [0.717, 1.165) is 61.7 Å². The minimum atomic E-state index is 0.372. The van der Waals surface area contributed by atoms with Gasteiger partial charge in [0.25, 0.3) is 0 Å². The lowest BCUT2D eigenvalue weighted by molar-refractivity contribution is 0.00791. The zero-order chi connectivity index (χ0) is 26.2. The van der Waals surface area contributed by atoms with E-state index in [-0.39, 0.29) is 0 Å². The summed E-state index contributed by atoms with van der Waals surface area (Å²) in [6.45, 7) is 7.15. The minimum Gasteiger partial charge on any atom is -0.379 e. The molecule has 208 valence electrons. The van der Waals surface area contributed by atoms with Crippen LogP contribution in [0.15, 0.2) is 18.6 Å². The molecule has 1 saturated carbocycles. The lowest BCUT2D eigenvalue weighted by Gasteiger charge is -2.39. The van der Waals surface area contributed by atoms with Crippen molar-refractivity contribution in [3.8, 4) is 0 Å². The average Bonchev–Trinajstić information content (AvgIpc) is 3.55. The van der Waals surface area contributed by atoms with Gasteiger partial charge in [-0.2, -0.15) is 15.2 Å². The highest BCUT2D eigenvalue weighted by Crippen LogP contribution is 2.29. The van der Waals surface area contributed by atoms with Gasteiger partial charge >= 0.3 is 0 Å². The monoisotopic (exact) mass is 528 g/mol. The fourth-order valence-corrected chi connectivity index (χ4v) is 5.20. The molecular formula is C25H40N10O3. The zero-order valence-electron chi connectivity index (χ0n) is 22.2. The van der Waals surface area contributed by atoms with E-state index in [1.165, 1.54) is 12.8 Å². The number of hydrogen-bond donors (Lipinski definition) is 3. The van der Waals surface area contributed by atoms with Gasteiger partial charge in [-0.1, -0.05) is 0 Å². The van der Waals surface area contributed by atoms with Crippen LogP contribution in [0.1, 0.15) is 25.7 Å². The van der Waals surface area contributed by atoms with Crippen LogP contribution in [0.5, 0.6) is 0 Å². The Hall–Kier alpha value is -2.84. The van der Waals surface area contributed by atoms with Gasteiger partial charge in [0.1, 0.15) is 11.0 Å². The van der Waals surface area contributed by atoms with E-state index in [9.17, 15) is 0 Å². The second kappa shape index (κ2) is 13.3. The van der Waals surface area contributed by atoms with Crippen LogP contribution in [-0.2, 0) is 27.8 Å². The maximum atomic E-state index is 5.59. The average molecular weight is 529 g/mol. The number of hydrogen-bond acceptors (Lipinski definition) is 11. The first-order chi connectivity index (χ1) is 18.7. The Balaban J connectivity index is 1.17. The van der Waals surface area contributed by atoms with Crippen LogP contribution < -0.4 is 16.4 Å². The summed E-state index contributed by atoms with van der Waals surface area (Å²) in [6.07, 6.45) is 10.1. The third-order valence-electron chi connectivity index (χ3n) is 7.18. The summed E-state index contributed by atoms with van der Waals surface area (Å²) >= 11 is 0. The molecule has 1 saturated heterocycles. The van der Waals surface area contributed by atoms with Crippen LogP contribution in [0.2, 0.25) is 0 Å². The maximum absolute atomic E-state index is 5.59. The molecule has 1 aliphatic carbocycles. The summed E-state index contributed by atoms with van der Waals surface area (Å²) in [5, 5.41) is 15.9. The number of anilines is 3. The van der Waals surface area contributed by atoms with Crippen LogP contribution in [0.3, 0.4) is 0 Å². The van der Waals surface area contributed by atoms with Gasteiger partial charge in [-0.05, 0) is 25.7 Å². The molecule has 1 aliphatic heterocycles. The second-order valence-electron chi connectivity index (χ2n) is 9.83. The number of aromatic nitrogens is 6. The molecule has 0 spiro atoms. The van der Waals surface area contributed by atoms with Crippen LogP contribution in [0.25, 0.3) is 11.0 Å². The van der Waals surface area contributed by atoms with Crippen LogP contribution in [0, 0.1) is 0 Å². The smallest absolute Gasteiger partial charge is 0.230 e. The lowest BCUT2D eigenvalue weighted by Crippen LogP contribution is -2.46. The summed E-state index contributed by atoms with van der Waals surface area (Å²) in [7, 11) is 1.93. The van der Waals surface area contributed by atoms with Crippen LogP contribution in [0.4, 0.5) is 17.5 Å². The van der Waals surface area contributed by atoms with Crippen molar-refractivity contribution in [3.05, 3.63) is 18.6 Å². The number of nitrogens with zero attached hydrogens (tertiary/aromatic N) is 7. The van der Waals surface area contributed by atoms with E-state index in [1.54, 1.807) is 12.4 Å². The Kier molecular flexibility index (Phi) is 9.36. The van der Waals surface area contributed by atoms with Crippen molar-refractivity contribution >= 4 is 28.5 Å². The normalized spacial score (nSPS) is 20.7. The molecule has 0 aromatic carbocycles. The van der Waals surface area contributed by atoms with Crippen molar-refractivity contribution in [2.45, 2.75) is 44.3 Å². The Morgan fingerprint density at radius 1 is 1.00 bits per heavy atom. The molecule has 3 aromatic rings. The minimum absolute atomic E-state index is 0.372. The first-order valence-corrected chi connectivity index (χ1v) is 13.6. The molecule has 0 unspecified atom stereocenters. The zero-order valence-corrected chi connectivity index (χ0v) is 22.2. The molecule has 38 heavy (non-hydrogen) atoms. The molecule has 0 bridgehead atoms. The molecule has 13 heteroatoms. The predicted octanol–water partition coefficient (Wildman–Crippen LogP) is 1.35. The molecule has 13 nitrogen and oxygen atoms in total. The van der Waals surface area contributed by atoms with Gasteiger partial charge < -0.3 is 30.6 Å². The van der Waals surface area contributed by atoms with Gasteiger partial charge in [0.2, 0.25) is 5.95 Å². The van der Waals surface area contributed by atoms with Gasteiger partial charge in [-0.3, -0.25) is 14.3 Å². The highest BCUT2D eigenvalue weighted by atomic mass is 16.5. The van der Waals surface area contributed by atoms with Gasteiger partial charge in [-0.15, -0.1) is 0 Å². The predicted molar refractivity (Wildman–Crippen MR) is 145 cm³/mol. The Morgan fingerprint density at radius 2 is 1.79 bits per heavy atom. The van der Waals surface area contributed by atoms with E-state index in [4.69, 9.17) is 24.9 Å². The molecule has 2 fully saturated rings. The summed E-state index contributed by atoms with van der Waals surface area (Å²) in [6, 6.07) is 1.03. The fourth-order valence-electron chi connectivity index (χ4n) is 5.20. The van der Waals surface area contributed by atoms with Crippen molar-refractivity contribution in [2.24, 2.45) is 12.8 Å². The van der Waals surface area contributed by atoms with Crippen molar-refractivity contribution in [2.75, 3.05) is 69.9 Å². The van der Waals surface area contributed by atoms with Gasteiger partial charge in [0.15, 0.2) is 5.82 Å². The Labute approximate surface area is 223 Å². The van der Waals surface area contributed by atoms with Crippen molar-refractivity contribution < 1.29 is 14.2 Å². The molecule has 4 heterocycles. The third-order valence-corrected chi connectivity index (χ3v) is 7.18. The van der Waals surface area contributed by atoms with Crippen molar-refractivity contribution in [1.29, 1.82) is 0 Å². The van der Waals surface area contributed by atoms with E-state index in [2.05, 4.69) is 30.7 Å². The summed E-state index contributed by atoms with van der Waals surface area (Å²) in [5.41, 5.74) is 7.93. The van der Waals surface area contributed by atoms with E-state index < -0.39 is 0 Å². The molecule has 2 aliphatic rings. The molecular weight excluding hydrogens is 488 g/mol. The number of aryl methyl sites for hydroxylation is 1. The van der Waals surface area contributed by atoms with Gasteiger partial charge in [-0.25, -0.2) is 4.98 Å². The van der Waals surface area contributed by atoms with Crippen LogP contribution in [-0.4, -0.2) is 106 Å². The first-order valence-electron chi connectivity index (χ1n) is 13.6. The molecule has 5 rings (SSSR count). The topological polar surface area (TPSA) is 142 Å². The summed E-state index contributed by atoms with van der Waals surface area (Å²) in [4.78, 5) is 12.1. The Morgan fingerprint density at radius 3 is 2.58 bits per heavy atom. The number of nitrogens with two attached hydrogens (primary N) is 1. The van der Waals surface area contributed by atoms with Gasteiger partial charge in [0, 0.05) is 45.0 Å². The van der Waals surface area contributed by atoms with Crippen molar-refractivity contribution in [3.63, 3.8) is 0 Å². The van der Waals surface area contributed by atoms with E-state index in [0.29, 0.717) is 57.5 Å². The molecule has 0 amide bonds. The van der Waals surface area contributed by atoms with E-state index in [1.807, 2.05) is 22.6 Å². The molecule has 3 aromatic heterocycles. The molecule has 0 radical (unpaired) electrons. The number of nitrogens with one attached hydrogen (secondary N) is 2. The van der Waals surface area contributed by atoms with Gasteiger partial charge in [0.05, 0.1) is 64.3 Å². The SMILES string of the molecule is Cn1ncc2nc(Nc3cnn(CCOCCOCCN)c3)nc(NC3CCC(N4CCOCC4)CC3)c21. The van der Waals surface area contributed by atoms with E-state index >= 15 is 0 Å². The summed E-state index contributed by atoms with van der Waals surface area (Å²) in [5.74, 6) is 1.33. The number of rotatable bonds is 13. The summed E-state index contributed by atoms with van der Waals surface area (Å²) < 4.78 is 20.1. The number of ether oxygens (including phenoxy) is 3. The fraction of sp³-hybridized carbons (Fsp3) is 0.680. The standard InChI is InChI=1S/C25H40N10O3/c1-33-23-22(17-27-33)31-25(30-20-16-28-35(18-20)9-13-38-15-14-36-10-6-26)32-24(23)29-19-2-4-21(5-3-19)34-7-11-37-12-8-34/h16-19,21H,2-15,26H2,1H3,(H2,29,30,31,32). The van der Waals surface area contributed by atoms with Crippen LogP contribution >= 0.6 is 0 Å². The number of fused-ring (bicyclic) bond motifs is 1.